The Balaban J connectivity index is 1.39. The third-order valence-corrected chi connectivity index (χ3v) is 8.70. The van der Waals surface area contributed by atoms with Crippen molar-refractivity contribution in [2.75, 3.05) is 4.90 Å². The van der Waals surface area contributed by atoms with E-state index < -0.39 is 5.97 Å². The molecule has 0 saturated carbocycles. The standard InChI is InChI=1S/C40H32N4O2/c1-4-42-36-15-8-6-12-31(36)33-23-21-29(25-38(33)42)44(28-19-17-27(18-20-28)11-10-14-35(41-3)40(45)46)30-22-24-34-32-13-7-9-16-37(32)43(5-2)39(34)26-30/h6-26H,4-5H2,1-2H3,(H,45,46)/b11-10+,35-14?. The van der Waals surface area contributed by atoms with Crippen molar-refractivity contribution in [3.63, 3.8) is 0 Å². The van der Waals surface area contributed by atoms with E-state index in [9.17, 15) is 4.79 Å². The first kappa shape index (κ1) is 28.7. The Kier molecular flexibility index (Phi) is 7.36. The number of aryl methyl sites for hydroxylation is 2. The van der Waals surface area contributed by atoms with Gasteiger partial charge in [0.05, 0.1) is 17.6 Å². The van der Waals surface area contributed by atoms with E-state index in [1.54, 1.807) is 12.2 Å². The van der Waals surface area contributed by atoms with Crippen molar-refractivity contribution in [3.8, 4) is 0 Å². The van der Waals surface area contributed by atoms with Gasteiger partial charge in [0.1, 0.15) is 0 Å². The van der Waals surface area contributed by atoms with Gasteiger partial charge >= 0.3 is 5.97 Å². The minimum atomic E-state index is -1.23. The van der Waals surface area contributed by atoms with Gasteiger partial charge in [0.2, 0.25) is 0 Å². The maximum absolute atomic E-state index is 11.2. The molecule has 0 radical (unpaired) electrons. The van der Waals surface area contributed by atoms with Crippen LogP contribution in [-0.4, -0.2) is 20.2 Å². The fraction of sp³-hybridized carbons (Fsp3) is 0.100. The number of carboxylic acids is 1. The van der Waals surface area contributed by atoms with Crippen LogP contribution in [0.2, 0.25) is 0 Å². The second-order valence-corrected chi connectivity index (χ2v) is 11.2. The number of hydrogen-bond donors (Lipinski definition) is 1. The van der Waals surface area contributed by atoms with Gasteiger partial charge in [-0.1, -0.05) is 72.8 Å². The normalized spacial score (nSPS) is 12.1. The number of aliphatic carboxylic acids is 1. The molecule has 0 aliphatic carbocycles. The SMILES string of the molecule is [C-]#[N+]C(=C/C=C/c1ccc(N(c2ccc3c4ccccc4n(CC)c3c2)c2ccc3c4ccccc4n(CC)c3c2)cc1)C(=O)O. The number of carboxylic acid groups (broad SMARTS) is 1. The Morgan fingerprint density at radius 1 is 0.696 bits per heavy atom. The lowest BCUT2D eigenvalue weighted by atomic mass is 10.1. The van der Waals surface area contributed by atoms with Crippen molar-refractivity contribution < 1.29 is 9.90 Å². The van der Waals surface area contributed by atoms with E-state index in [4.69, 9.17) is 11.7 Å². The number of benzene rings is 5. The van der Waals surface area contributed by atoms with Gasteiger partial charge in [0.25, 0.3) is 5.70 Å². The molecule has 0 aliphatic rings. The van der Waals surface area contributed by atoms with Crippen molar-refractivity contribution in [1.29, 1.82) is 0 Å². The molecular formula is C40H32N4O2. The number of hydrogen-bond acceptors (Lipinski definition) is 2. The molecule has 0 spiro atoms. The second-order valence-electron chi connectivity index (χ2n) is 11.2. The van der Waals surface area contributed by atoms with Crippen molar-refractivity contribution in [2.45, 2.75) is 26.9 Å². The molecule has 0 atom stereocenters. The zero-order valence-corrected chi connectivity index (χ0v) is 25.7. The predicted octanol–water partition coefficient (Wildman–Crippen LogP) is 10.3. The van der Waals surface area contributed by atoms with Crippen LogP contribution < -0.4 is 4.90 Å². The maximum atomic E-state index is 11.2. The van der Waals surface area contributed by atoms with Gasteiger partial charge in [0.15, 0.2) is 0 Å². The predicted molar refractivity (Wildman–Crippen MR) is 190 cm³/mol. The van der Waals surface area contributed by atoms with E-state index >= 15 is 0 Å². The van der Waals surface area contributed by atoms with Crippen molar-refractivity contribution in [2.24, 2.45) is 0 Å². The van der Waals surface area contributed by atoms with Crippen LogP contribution in [0.5, 0.6) is 0 Å². The summed E-state index contributed by atoms with van der Waals surface area (Å²) in [5.74, 6) is -1.23. The molecule has 7 rings (SSSR count). The van der Waals surface area contributed by atoms with E-state index in [0.29, 0.717) is 0 Å². The third kappa shape index (κ3) is 4.79. The summed E-state index contributed by atoms with van der Waals surface area (Å²) in [5, 5.41) is 14.1. The van der Waals surface area contributed by atoms with Crippen molar-refractivity contribution in [3.05, 3.63) is 144 Å². The quantitative estimate of drug-likeness (QED) is 0.107. The summed E-state index contributed by atoms with van der Waals surface area (Å²) in [6.45, 7) is 13.2. The first-order chi connectivity index (χ1) is 22.5. The summed E-state index contributed by atoms with van der Waals surface area (Å²) in [6.07, 6.45) is 4.72. The number of aromatic nitrogens is 2. The zero-order chi connectivity index (χ0) is 31.8. The van der Waals surface area contributed by atoms with E-state index in [2.05, 4.69) is 130 Å². The van der Waals surface area contributed by atoms with Crippen LogP contribution >= 0.6 is 0 Å². The average Bonchev–Trinajstić information content (AvgIpc) is 3.58. The van der Waals surface area contributed by atoms with Gasteiger partial charge in [-0.2, -0.15) is 0 Å². The molecule has 0 fully saturated rings. The molecule has 224 valence electrons. The zero-order valence-electron chi connectivity index (χ0n) is 25.7. The van der Waals surface area contributed by atoms with Crippen LogP contribution in [0.1, 0.15) is 19.4 Å². The molecule has 0 aliphatic heterocycles. The second kappa shape index (κ2) is 11.8. The van der Waals surface area contributed by atoms with E-state index in [-0.39, 0.29) is 5.70 Å². The molecule has 46 heavy (non-hydrogen) atoms. The van der Waals surface area contributed by atoms with Gasteiger partial charge in [-0.15, -0.1) is 0 Å². The van der Waals surface area contributed by atoms with Gasteiger partial charge in [0, 0.05) is 62.7 Å². The molecule has 0 unspecified atom stereocenters. The van der Waals surface area contributed by atoms with Crippen molar-refractivity contribution in [1.82, 2.24) is 9.13 Å². The minimum Gasteiger partial charge on any atom is -0.486 e. The number of anilines is 3. The molecule has 5 aromatic carbocycles. The molecule has 0 saturated heterocycles. The highest BCUT2D eigenvalue weighted by Gasteiger charge is 2.18. The summed E-state index contributed by atoms with van der Waals surface area (Å²) >= 11 is 0. The van der Waals surface area contributed by atoms with Gasteiger partial charge in [-0.3, -0.25) is 4.79 Å². The summed E-state index contributed by atoms with van der Waals surface area (Å²) in [7, 11) is 0. The third-order valence-electron chi connectivity index (χ3n) is 8.70. The molecular weight excluding hydrogens is 568 g/mol. The van der Waals surface area contributed by atoms with E-state index in [0.717, 1.165) is 35.7 Å². The Bertz CT molecular complexity index is 2260. The highest BCUT2D eigenvalue weighted by molar-refractivity contribution is 6.11. The minimum absolute atomic E-state index is 0.321. The average molecular weight is 601 g/mol. The van der Waals surface area contributed by atoms with Gasteiger partial charge in [-0.25, -0.2) is 4.85 Å². The van der Waals surface area contributed by atoms with Crippen LogP contribution in [0.25, 0.3) is 54.5 Å². The maximum Gasteiger partial charge on any atom is 0.333 e. The molecule has 0 bridgehead atoms. The number of fused-ring (bicyclic) bond motifs is 6. The van der Waals surface area contributed by atoms with Gasteiger partial charge < -0.3 is 19.1 Å². The Hall–Kier alpha value is -6.06. The van der Waals surface area contributed by atoms with Gasteiger partial charge in [-0.05, 0) is 74.0 Å². The van der Waals surface area contributed by atoms with Crippen LogP contribution in [0.15, 0.2) is 127 Å². The summed E-state index contributed by atoms with van der Waals surface area (Å²) < 4.78 is 4.75. The Labute approximate surface area is 267 Å². The fourth-order valence-corrected chi connectivity index (χ4v) is 6.62. The first-order valence-corrected chi connectivity index (χ1v) is 15.4. The molecule has 2 aromatic heterocycles. The highest BCUT2D eigenvalue weighted by Crippen LogP contribution is 2.41. The first-order valence-electron chi connectivity index (χ1n) is 15.4. The monoisotopic (exact) mass is 600 g/mol. The molecule has 0 amide bonds. The molecule has 6 nitrogen and oxygen atoms in total. The summed E-state index contributed by atoms with van der Waals surface area (Å²) in [4.78, 5) is 16.5. The summed E-state index contributed by atoms with van der Waals surface area (Å²) in [6, 6.07) is 38.8. The lowest BCUT2D eigenvalue weighted by molar-refractivity contribution is -0.132. The number of nitrogens with zero attached hydrogens (tertiary/aromatic N) is 4. The number of para-hydroxylation sites is 2. The van der Waals surface area contributed by atoms with E-state index in [1.807, 2.05) is 12.1 Å². The largest absolute Gasteiger partial charge is 0.486 e. The Morgan fingerprint density at radius 2 is 1.17 bits per heavy atom. The van der Waals surface area contributed by atoms with Crippen LogP contribution in [0.4, 0.5) is 17.1 Å². The number of allylic oxidation sites excluding steroid dienone is 2. The number of rotatable bonds is 8. The molecule has 1 N–H and O–H groups in total. The fourth-order valence-electron chi connectivity index (χ4n) is 6.62. The topological polar surface area (TPSA) is 54.8 Å². The molecule has 6 heteroatoms. The lowest BCUT2D eigenvalue weighted by Crippen LogP contribution is -2.10. The lowest BCUT2D eigenvalue weighted by Gasteiger charge is -2.26. The number of carbonyl (C=O) groups is 1. The molecule has 7 aromatic rings. The van der Waals surface area contributed by atoms with Crippen molar-refractivity contribution >= 4 is 72.7 Å². The smallest absolute Gasteiger partial charge is 0.333 e. The van der Waals surface area contributed by atoms with Crippen LogP contribution in [0.3, 0.4) is 0 Å². The van der Waals surface area contributed by atoms with Crippen LogP contribution in [-0.2, 0) is 17.9 Å². The molecule has 2 heterocycles. The highest BCUT2D eigenvalue weighted by atomic mass is 16.4. The summed E-state index contributed by atoms with van der Waals surface area (Å²) in [5.41, 5.74) is 8.52. The Morgan fingerprint density at radius 3 is 1.65 bits per heavy atom. The van der Waals surface area contributed by atoms with E-state index in [1.165, 1.54) is 49.7 Å². The van der Waals surface area contributed by atoms with Crippen LogP contribution in [0, 0.1) is 6.57 Å².